The summed E-state index contributed by atoms with van der Waals surface area (Å²) in [4.78, 5) is 16.1. The van der Waals surface area contributed by atoms with E-state index in [1.165, 1.54) is 0 Å². The molecule has 0 saturated heterocycles. The SMILES string of the molecule is Cc1cc(NC(=O)c2ccc(CN)cn2)ccc1Br. The molecule has 5 heteroatoms. The topological polar surface area (TPSA) is 68.0 Å². The van der Waals surface area contributed by atoms with Gasteiger partial charge in [-0.2, -0.15) is 0 Å². The van der Waals surface area contributed by atoms with Gasteiger partial charge in [-0.05, 0) is 42.3 Å². The summed E-state index contributed by atoms with van der Waals surface area (Å²) in [7, 11) is 0. The van der Waals surface area contributed by atoms with Gasteiger partial charge in [0.15, 0.2) is 0 Å². The first-order chi connectivity index (χ1) is 9.10. The number of halogens is 1. The van der Waals surface area contributed by atoms with Crippen molar-refractivity contribution in [2.45, 2.75) is 13.5 Å². The zero-order chi connectivity index (χ0) is 13.8. The number of amides is 1. The van der Waals surface area contributed by atoms with E-state index in [0.717, 1.165) is 21.3 Å². The van der Waals surface area contributed by atoms with Gasteiger partial charge in [-0.15, -0.1) is 0 Å². The second-order valence-electron chi connectivity index (χ2n) is 4.17. The fourth-order valence-corrected chi connectivity index (χ4v) is 1.84. The average molecular weight is 320 g/mol. The number of rotatable bonds is 3. The summed E-state index contributed by atoms with van der Waals surface area (Å²) in [5, 5.41) is 2.81. The molecule has 19 heavy (non-hydrogen) atoms. The third kappa shape index (κ3) is 3.39. The molecule has 1 aromatic carbocycles. The second kappa shape index (κ2) is 5.95. The highest BCUT2D eigenvalue weighted by Gasteiger charge is 2.08. The maximum absolute atomic E-state index is 12.0. The van der Waals surface area contributed by atoms with E-state index in [-0.39, 0.29) is 5.91 Å². The minimum atomic E-state index is -0.231. The molecule has 0 radical (unpaired) electrons. The van der Waals surface area contributed by atoms with E-state index in [9.17, 15) is 4.79 Å². The first-order valence-electron chi connectivity index (χ1n) is 5.82. The molecule has 0 aliphatic carbocycles. The number of carbonyl (C=O) groups is 1. The number of benzene rings is 1. The highest BCUT2D eigenvalue weighted by Crippen LogP contribution is 2.20. The van der Waals surface area contributed by atoms with Gasteiger partial charge in [0.2, 0.25) is 0 Å². The summed E-state index contributed by atoms with van der Waals surface area (Å²) in [5.41, 5.74) is 8.56. The average Bonchev–Trinajstić information content (AvgIpc) is 2.43. The summed E-state index contributed by atoms with van der Waals surface area (Å²) in [6.07, 6.45) is 1.61. The maximum Gasteiger partial charge on any atom is 0.274 e. The summed E-state index contributed by atoms with van der Waals surface area (Å²) in [6.45, 7) is 2.38. The monoisotopic (exact) mass is 319 g/mol. The minimum absolute atomic E-state index is 0.231. The first-order valence-corrected chi connectivity index (χ1v) is 6.62. The quantitative estimate of drug-likeness (QED) is 0.914. The van der Waals surface area contributed by atoms with E-state index in [2.05, 4.69) is 26.2 Å². The number of hydrogen-bond donors (Lipinski definition) is 2. The Kier molecular flexibility index (Phi) is 4.29. The molecule has 98 valence electrons. The van der Waals surface area contributed by atoms with E-state index < -0.39 is 0 Å². The van der Waals surface area contributed by atoms with Gasteiger partial charge >= 0.3 is 0 Å². The number of nitrogens with one attached hydrogen (secondary N) is 1. The molecule has 0 aliphatic rings. The number of aryl methyl sites for hydroxylation is 1. The molecular formula is C14H14BrN3O. The van der Waals surface area contributed by atoms with Crippen molar-refractivity contribution in [2.24, 2.45) is 5.73 Å². The molecule has 1 amide bonds. The molecule has 1 aromatic heterocycles. The van der Waals surface area contributed by atoms with Crippen molar-refractivity contribution < 1.29 is 4.79 Å². The van der Waals surface area contributed by atoms with Crippen LogP contribution in [0.2, 0.25) is 0 Å². The highest BCUT2D eigenvalue weighted by atomic mass is 79.9. The number of nitrogens with zero attached hydrogens (tertiary/aromatic N) is 1. The summed E-state index contributed by atoms with van der Waals surface area (Å²) in [6, 6.07) is 9.10. The number of hydrogen-bond acceptors (Lipinski definition) is 3. The summed E-state index contributed by atoms with van der Waals surface area (Å²) < 4.78 is 1.01. The van der Waals surface area contributed by atoms with Crippen molar-refractivity contribution in [2.75, 3.05) is 5.32 Å². The number of pyridine rings is 1. The number of nitrogens with two attached hydrogens (primary N) is 1. The van der Waals surface area contributed by atoms with Gasteiger partial charge in [0, 0.05) is 22.9 Å². The standard InChI is InChI=1S/C14H14BrN3O/c1-9-6-11(3-4-12(9)15)18-14(19)13-5-2-10(7-16)8-17-13/h2-6,8H,7,16H2,1H3,(H,18,19). The van der Waals surface area contributed by atoms with Gasteiger partial charge in [0.25, 0.3) is 5.91 Å². The van der Waals surface area contributed by atoms with E-state index in [0.29, 0.717) is 12.2 Å². The lowest BCUT2D eigenvalue weighted by atomic mass is 10.2. The Morgan fingerprint density at radius 2 is 2.16 bits per heavy atom. The van der Waals surface area contributed by atoms with Crippen molar-refractivity contribution in [3.05, 3.63) is 57.8 Å². The van der Waals surface area contributed by atoms with Crippen LogP contribution in [0.25, 0.3) is 0 Å². The van der Waals surface area contributed by atoms with Crippen LogP contribution in [0.5, 0.6) is 0 Å². The Bertz CT molecular complexity index is 596. The van der Waals surface area contributed by atoms with Crippen molar-refractivity contribution >= 4 is 27.5 Å². The molecule has 2 aromatic rings. The molecule has 4 nitrogen and oxygen atoms in total. The van der Waals surface area contributed by atoms with Crippen molar-refractivity contribution in [1.29, 1.82) is 0 Å². The Morgan fingerprint density at radius 3 is 2.74 bits per heavy atom. The summed E-state index contributed by atoms with van der Waals surface area (Å²) >= 11 is 3.42. The fourth-order valence-electron chi connectivity index (χ4n) is 1.60. The Morgan fingerprint density at radius 1 is 1.37 bits per heavy atom. The van der Waals surface area contributed by atoms with Crippen LogP contribution in [0.1, 0.15) is 21.6 Å². The van der Waals surface area contributed by atoms with E-state index in [1.54, 1.807) is 18.3 Å². The second-order valence-corrected chi connectivity index (χ2v) is 5.03. The molecule has 0 bridgehead atoms. The maximum atomic E-state index is 12.0. The van der Waals surface area contributed by atoms with Gasteiger partial charge < -0.3 is 11.1 Å². The molecule has 0 saturated carbocycles. The van der Waals surface area contributed by atoms with Gasteiger partial charge in [-0.25, -0.2) is 0 Å². The van der Waals surface area contributed by atoms with E-state index >= 15 is 0 Å². The fraction of sp³-hybridized carbons (Fsp3) is 0.143. The van der Waals surface area contributed by atoms with E-state index in [4.69, 9.17) is 5.73 Å². The molecule has 2 rings (SSSR count). The van der Waals surface area contributed by atoms with Crippen LogP contribution >= 0.6 is 15.9 Å². The van der Waals surface area contributed by atoms with Crippen LogP contribution in [-0.2, 0) is 6.54 Å². The third-order valence-corrected chi connectivity index (χ3v) is 3.60. The zero-order valence-electron chi connectivity index (χ0n) is 10.5. The van der Waals surface area contributed by atoms with Crippen molar-refractivity contribution in [1.82, 2.24) is 4.98 Å². The molecule has 0 atom stereocenters. The van der Waals surface area contributed by atoms with Crippen LogP contribution in [0, 0.1) is 6.92 Å². The smallest absolute Gasteiger partial charge is 0.274 e. The highest BCUT2D eigenvalue weighted by molar-refractivity contribution is 9.10. The molecule has 3 N–H and O–H groups in total. The first kappa shape index (κ1) is 13.7. The zero-order valence-corrected chi connectivity index (χ0v) is 12.1. The summed E-state index contributed by atoms with van der Waals surface area (Å²) in [5.74, 6) is -0.231. The lowest BCUT2D eigenvalue weighted by molar-refractivity contribution is 0.102. The third-order valence-electron chi connectivity index (χ3n) is 2.71. The number of carbonyl (C=O) groups excluding carboxylic acids is 1. The molecule has 0 fully saturated rings. The van der Waals surface area contributed by atoms with Crippen molar-refractivity contribution in [3.63, 3.8) is 0 Å². The lowest BCUT2D eigenvalue weighted by Gasteiger charge is -2.07. The Labute approximate surface area is 120 Å². The van der Waals surface area contributed by atoms with E-state index in [1.807, 2.05) is 25.1 Å². The molecule has 1 heterocycles. The molecule has 0 unspecified atom stereocenters. The minimum Gasteiger partial charge on any atom is -0.326 e. The van der Waals surface area contributed by atoms with Gasteiger partial charge in [-0.1, -0.05) is 22.0 Å². The Balaban J connectivity index is 2.13. The van der Waals surface area contributed by atoms with Crippen LogP contribution in [-0.4, -0.2) is 10.9 Å². The number of aromatic nitrogens is 1. The van der Waals surface area contributed by atoms with Gasteiger partial charge in [0.05, 0.1) is 0 Å². The van der Waals surface area contributed by atoms with Crippen LogP contribution in [0.3, 0.4) is 0 Å². The number of anilines is 1. The normalized spacial score (nSPS) is 10.3. The van der Waals surface area contributed by atoms with Crippen molar-refractivity contribution in [3.8, 4) is 0 Å². The predicted molar refractivity (Wildman–Crippen MR) is 79.0 cm³/mol. The van der Waals surface area contributed by atoms with Gasteiger partial charge in [-0.3, -0.25) is 9.78 Å². The Hall–Kier alpha value is -1.72. The van der Waals surface area contributed by atoms with Crippen LogP contribution in [0.15, 0.2) is 41.0 Å². The molecular weight excluding hydrogens is 306 g/mol. The largest absolute Gasteiger partial charge is 0.326 e. The van der Waals surface area contributed by atoms with Gasteiger partial charge in [0.1, 0.15) is 5.69 Å². The van der Waals surface area contributed by atoms with Crippen LogP contribution in [0.4, 0.5) is 5.69 Å². The molecule has 0 spiro atoms. The van der Waals surface area contributed by atoms with Crippen LogP contribution < -0.4 is 11.1 Å². The molecule has 0 aliphatic heterocycles. The predicted octanol–water partition coefficient (Wildman–Crippen LogP) is 2.86. The lowest BCUT2D eigenvalue weighted by Crippen LogP contribution is -2.14.